The molecule has 0 aliphatic heterocycles. The molecule has 0 fully saturated rings. The number of aromatic nitrogens is 2. The second-order valence-electron chi connectivity index (χ2n) is 2.79. The predicted octanol–water partition coefficient (Wildman–Crippen LogP) is 2.45. The van der Waals surface area contributed by atoms with Gasteiger partial charge in [-0.25, -0.2) is 0 Å². The van der Waals surface area contributed by atoms with Crippen LogP contribution in [-0.2, 0) is 0 Å². The van der Waals surface area contributed by atoms with Crippen molar-refractivity contribution in [3.63, 3.8) is 0 Å². The van der Waals surface area contributed by atoms with E-state index in [2.05, 4.69) is 10.2 Å². The number of methoxy groups -OCH3 is 1. The maximum absolute atomic E-state index is 5.99. The summed E-state index contributed by atoms with van der Waals surface area (Å²) in [7, 11) is 1.57. The number of rotatable bonds is 2. The molecule has 0 atom stereocenters. The Kier molecular flexibility index (Phi) is 2.75. The molecule has 0 spiro atoms. The molecule has 0 saturated heterocycles. The fourth-order valence-corrected chi connectivity index (χ4v) is 2.01. The third-order valence-electron chi connectivity index (χ3n) is 1.84. The lowest BCUT2D eigenvalue weighted by Crippen LogP contribution is -1.84. The Morgan fingerprint density at radius 1 is 1.40 bits per heavy atom. The molecule has 1 aromatic heterocycles. The zero-order valence-electron chi connectivity index (χ0n) is 7.90. The standard InChI is InChI=1S/C9H8ClN3OS/c1-14-7-3-2-5(4-6(7)10)8-12-13-9(11)15-8/h2-4H,1H3,(H2,11,13). The van der Waals surface area contributed by atoms with E-state index < -0.39 is 0 Å². The molecule has 4 nitrogen and oxygen atoms in total. The summed E-state index contributed by atoms with van der Waals surface area (Å²) in [5, 5.41) is 9.40. The van der Waals surface area contributed by atoms with Gasteiger partial charge in [0, 0.05) is 5.56 Å². The molecule has 2 rings (SSSR count). The first-order valence-electron chi connectivity index (χ1n) is 4.13. The van der Waals surface area contributed by atoms with Gasteiger partial charge in [0.1, 0.15) is 10.8 Å². The number of halogens is 1. The van der Waals surface area contributed by atoms with Crippen molar-refractivity contribution in [2.75, 3.05) is 12.8 Å². The van der Waals surface area contributed by atoms with Crippen LogP contribution in [-0.4, -0.2) is 17.3 Å². The lowest BCUT2D eigenvalue weighted by atomic mass is 10.2. The zero-order chi connectivity index (χ0) is 10.8. The molecule has 0 bridgehead atoms. The topological polar surface area (TPSA) is 61.0 Å². The Balaban J connectivity index is 2.42. The highest BCUT2D eigenvalue weighted by Crippen LogP contribution is 2.31. The Morgan fingerprint density at radius 2 is 2.20 bits per heavy atom. The fourth-order valence-electron chi connectivity index (χ4n) is 1.15. The van der Waals surface area contributed by atoms with Crippen molar-refractivity contribution < 1.29 is 4.74 Å². The van der Waals surface area contributed by atoms with Crippen LogP contribution in [0.5, 0.6) is 5.75 Å². The van der Waals surface area contributed by atoms with Gasteiger partial charge in [0.2, 0.25) is 5.13 Å². The number of hydrogen-bond donors (Lipinski definition) is 1. The van der Waals surface area contributed by atoms with Crippen molar-refractivity contribution in [2.45, 2.75) is 0 Å². The smallest absolute Gasteiger partial charge is 0.203 e. The fraction of sp³-hybridized carbons (Fsp3) is 0.111. The summed E-state index contributed by atoms with van der Waals surface area (Å²) < 4.78 is 5.05. The summed E-state index contributed by atoms with van der Waals surface area (Å²) in [6.07, 6.45) is 0. The largest absolute Gasteiger partial charge is 0.495 e. The van der Waals surface area contributed by atoms with E-state index in [0.717, 1.165) is 10.6 Å². The predicted molar refractivity (Wildman–Crippen MR) is 61.3 cm³/mol. The summed E-state index contributed by atoms with van der Waals surface area (Å²) in [5.41, 5.74) is 6.38. The molecule has 0 aliphatic rings. The van der Waals surface area contributed by atoms with Crippen molar-refractivity contribution in [2.24, 2.45) is 0 Å². The summed E-state index contributed by atoms with van der Waals surface area (Å²) in [5.74, 6) is 0.637. The van der Waals surface area contributed by atoms with E-state index in [-0.39, 0.29) is 0 Å². The average Bonchev–Trinajstić information content (AvgIpc) is 2.65. The molecule has 0 radical (unpaired) electrons. The number of nitrogen functional groups attached to an aromatic ring is 1. The van der Waals surface area contributed by atoms with Gasteiger partial charge >= 0.3 is 0 Å². The first kappa shape index (κ1) is 10.2. The minimum Gasteiger partial charge on any atom is -0.495 e. The highest BCUT2D eigenvalue weighted by Gasteiger charge is 2.07. The lowest BCUT2D eigenvalue weighted by Gasteiger charge is -2.03. The summed E-state index contributed by atoms with van der Waals surface area (Å²) in [6.45, 7) is 0. The highest BCUT2D eigenvalue weighted by atomic mass is 35.5. The Labute approximate surface area is 95.7 Å². The molecule has 2 aromatic rings. The molecule has 0 unspecified atom stereocenters. The molecule has 1 heterocycles. The van der Waals surface area contributed by atoms with Crippen LogP contribution in [0.15, 0.2) is 18.2 Å². The van der Waals surface area contributed by atoms with Crippen LogP contribution in [0.4, 0.5) is 5.13 Å². The number of anilines is 1. The van der Waals surface area contributed by atoms with Crippen LogP contribution in [0.2, 0.25) is 5.02 Å². The van der Waals surface area contributed by atoms with Crippen molar-refractivity contribution >= 4 is 28.1 Å². The van der Waals surface area contributed by atoms with Gasteiger partial charge in [0.15, 0.2) is 0 Å². The normalized spacial score (nSPS) is 10.3. The maximum Gasteiger partial charge on any atom is 0.203 e. The Hall–Kier alpha value is -1.33. The number of hydrogen-bond acceptors (Lipinski definition) is 5. The van der Waals surface area contributed by atoms with Gasteiger partial charge in [0.05, 0.1) is 12.1 Å². The van der Waals surface area contributed by atoms with Crippen molar-refractivity contribution in [3.8, 4) is 16.3 Å². The second-order valence-corrected chi connectivity index (χ2v) is 4.21. The molecule has 0 amide bonds. The van der Waals surface area contributed by atoms with E-state index in [1.807, 2.05) is 6.07 Å². The van der Waals surface area contributed by atoms with E-state index in [1.165, 1.54) is 11.3 Å². The minimum atomic E-state index is 0.442. The van der Waals surface area contributed by atoms with E-state index >= 15 is 0 Å². The number of nitrogens with two attached hydrogens (primary N) is 1. The third-order valence-corrected chi connectivity index (χ3v) is 2.94. The number of ether oxygens (including phenoxy) is 1. The quantitative estimate of drug-likeness (QED) is 0.877. The lowest BCUT2D eigenvalue weighted by molar-refractivity contribution is 0.415. The molecule has 2 N–H and O–H groups in total. The van der Waals surface area contributed by atoms with E-state index in [4.69, 9.17) is 22.1 Å². The summed E-state index contributed by atoms with van der Waals surface area (Å²) in [6, 6.07) is 5.43. The van der Waals surface area contributed by atoms with Gasteiger partial charge in [-0.2, -0.15) is 0 Å². The van der Waals surface area contributed by atoms with Crippen LogP contribution in [0.25, 0.3) is 10.6 Å². The van der Waals surface area contributed by atoms with Gasteiger partial charge in [-0.05, 0) is 18.2 Å². The second kappa shape index (κ2) is 4.04. The Morgan fingerprint density at radius 3 is 2.73 bits per heavy atom. The molecule has 1 aromatic carbocycles. The van der Waals surface area contributed by atoms with Crippen LogP contribution < -0.4 is 10.5 Å². The molecular weight excluding hydrogens is 234 g/mol. The number of nitrogens with zero attached hydrogens (tertiary/aromatic N) is 2. The maximum atomic E-state index is 5.99. The van der Waals surface area contributed by atoms with Crippen molar-refractivity contribution in [1.82, 2.24) is 10.2 Å². The zero-order valence-corrected chi connectivity index (χ0v) is 9.47. The highest BCUT2D eigenvalue weighted by molar-refractivity contribution is 7.18. The van der Waals surface area contributed by atoms with Gasteiger partial charge in [-0.15, -0.1) is 10.2 Å². The summed E-state index contributed by atoms with van der Waals surface area (Å²) in [4.78, 5) is 0. The van der Waals surface area contributed by atoms with Crippen molar-refractivity contribution in [1.29, 1.82) is 0 Å². The molecule has 0 saturated carbocycles. The van der Waals surface area contributed by atoms with Gasteiger partial charge < -0.3 is 10.5 Å². The van der Waals surface area contributed by atoms with E-state index in [9.17, 15) is 0 Å². The van der Waals surface area contributed by atoms with E-state index in [0.29, 0.717) is 15.9 Å². The summed E-state index contributed by atoms with van der Waals surface area (Å²) >= 11 is 7.31. The molecule has 15 heavy (non-hydrogen) atoms. The molecular formula is C9H8ClN3OS. The van der Waals surface area contributed by atoms with Crippen LogP contribution >= 0.6 is 22.9 Å². The average molecular weight is 242 g/mol. The van der Waals surface area contributed by atoms with Gasteiger partial charge in [0.25, 0.3) is 0 Å². The van der Waals surface area contributed by atoms with Crippen LogP contribution in [0.1, 0.15) is 0 Å². The monoisotopic (exact) mass is 241 g/mol. The minimum absolute atomic E-state index is 0.442. The molecule has 0 aliphatic carbocycles. The van der Waals surface area contributed by atoms with Crippen LogP contribution in [0.3, 0.4) is 0 Å². The van der Waals surface area contributed by atoms with E-state index in [1.54, 1.807) is 19.2 Å². The molecule has 6 heteroatoms. The molecule has 78 valence electrons. The third kappa shape index (κ3) is 2.03. The first-order chi connectivity index (χ1) is 7.20. The SMILES string of the molecule is COc1ccc(-c2nnc(N)s2)cc1Cl. The number of benzene rings is 1. The first-order valence-corrected chi connectivity index (χ1v) is 5.33. The van der Waals surface area contributed by atoms with Gasteiger partial charge in [-0.3, -0.25) is 0 Å². The Bertz CT molecular complexity index is 486. The van der Waals surface area contributed by atoms with Crippen molar-refractivity contribution in [3.05, 3.63) is 23.2 Å². The van der Waals surface area contributed by atoms with Crippen LogP contribution in [0, 0.1) is 0 Å². The van der Waals surface area contributed by atoms with Gasteiger partial charge in [-0.1, -0.05) is 22.9 Å².